The average molecular weight is 252 g/mol. The van der Waals surface area contributed by atoms with Gasteiger partial charge < -0.3 is 10.5 Å². The Bertz CT molecular complexity index is 407. The van der Waals surface area contributed by atoms with Crippen LogP contribution in [0.15, 0.2) is 0 Å². The molecule has 100 valence electrons. The van der Waals surface area contributed by atoms with Gasteiger partial charge in [0, 0.05) is 25.0 Å². The van der Waals surface area contributed by atoms with Crippen LogP contribution in [0, 0.1) is 11.3 Å². The van der Waals surface area contributed by atoms with Crippen molar-refractivity contribution in [2.45, 2.75) is 51.3 Å². The van der Waals surface area contributed by atoms with E-state index >= 15 is 0 Å². The molecule has 3 rings (SSSR count). The quantitative estimate of drug-likeness (QED) is 0.680. The van der Waals surface area contributed by atoms with Crippen LogP contribution in [0.1, 0.15) is 33.1 Å². The Morgan fingerprint density at radius 2 is 2.11 bits per heavy atom. The molecule has 0 aromatic rings. The van der Waals surface area contributed by atoms with E-state index in [0.717, 1.165) is 12.8 Å². The fourth-order valence-electron chi connectivity index (χ4n) is 3.52. The van der Waals surface area contributed by atoms with Crippen molar-refractivity contribution in [3.05, 3.63) is 0 Å². The molecular formula is C13H20N2O3. The molecule has 2 N–H and O–H groups in total. The zero-order valence-electron chi connectivity index (χ0n) is 10.9. The van der Waals surface area contributed by atoms with E-state index in [1.807, 2.05) is 13.8 Å². The number of amides is 2. The van der Waals surface area contributed by atoms with Gasteiger partial charge in [-0.2, -0.15) is 0 Å². The van der Waals surface area contributed by atoms with Gasteiger partial charge in [-0.05, 0) is 12.8 Å². The smallest absolute Gasteiger partial charge is 0.235 e. The molecular weight excluding hydrogens is 232 g/mol. The van der Waals surface area contributed by atoms with Crippen LogP contribution >= 0.6 is 0 Å². The van der Waals surface area contributed by atoms with Gasteiger partial charge in [-0.15, -0.1) is 0 Å². The first-order valence-corrected chi connectivity index (χ1v) is 6.67. The Kier molecular flexibility index (Phi) is 2.54. The van der Waals surface area contributed by atoms with Crippen molar-refractivity contribution in [1.82, 2.24) is 4.90 Å². The predicted molar refractivity (Wildman–Crippen MR) is 64.5 cm³/mol. The summed E-state index contributed by atoms with van der Waals surface area (Å²) >= 11 is 0. The SMILES string of the molecule is CC1(C)CC(=O)N(C2C(N)C3CCCOC32)C1=O. The van der Waals surface area contributed by atoms with E-state index in [9.17, 15) is 9.59 Å². The van der Waals surface area contributed by atoms with Crippen LogP contribution in [0.5, 0.6) is 0 Å². The third kappa shape index (κ3) is 1.47. The third-order valence-electron chi connectivity index (χ3n) is 4.60. The highest BCUT2D eigenvalue weighted by Gasteiger charge is 2.59. The number of hydrogen-bond acceptors (Lipinski definition) is 4. The molecule has 2 amide bonds. The fraction of sp³-hybridized carbons (Fsp3) is 0.846. The van der Waals surface area contributed by atoms with Crippen molar-refractivity contribution in [3.63, 3.8) is 0 Å². The largest absolute Gasteiger partial charge is 0.376 e. The zero-order valence-corrected chi connectivity index (χ0v) is 10.9. The summed E-state index contributed by atoms with van der Waals surface area (Å²) in [6.07, 6.45) is 2.32. The Morgan fingerprint density at radius 1 is 1.39 bits per heavy atom. The maximum absolute atomic E-state index is 12.3. The molecule has 0 radical (unpaired) electrons. The van der Waals surface area contributed by atoms with Crippen molar-refractivity contribution < 1.29 is 14.3 Å². The molecule has 1 saturated carbocycles. The van der Waals surface area contributed by atoms with Crippen LogP contribution in [0.2, 0.25) is 0 Å². The monoisotopic (exact) mass is 252 g/mol. The third-order valence-corrected chi connectivity index (χ3v) is 4.60. The van der Waals surface area contributed by atoms with Gasteiger partial charge in [-0.3, -0.25) is 14.5 Å². The number of nitrogens with zero attached hydrogens (tertiary/aromatic N) is 1. The van der Waals surface area contributed by atoms with Gasteiger partial charge in [0.05, 0.1) is 17.6 Å². The van der Waals surface area contributed by atoms with E-state index in [1.54, 1.807) is 0 Å². The molecule has 2 heterocycles. The minimum atomic E-state index is -0.587. The highest BCUT2D eigenvalue weighted by atomic mass is 16.5. The summed E-state index contributed by atoms with van der Waals surface area (Å²) in [7, 11) is 0. The fourth-order valence-corrected chi connectivity index (χ4v) is 3.52. The number of ether oxygens (including phenoxy) is 1. The molecule has 5 heteroatoms. The van der Waals surface area contributed by atoms with Crippen LogP contribution in [-0.4, -0.2) is 41.5 Å². The molecule has 3 fully saturated rings. The molecule has 4 unspecified atom stereocenters. The van der Waals surface area contributed by atoms with Crippen LogP contribution in [0.3, 0.4) is 0 Å². The van der Waals surface area contributed by atoms with E-state index in [1.165, 1.54) is 4.90 Å². The van der Waals surface area contributed by atoms with E-state index in [4.69, 9.17) is 10.5 Å². The van der Waals surface area contributed by atoms with Crippen molar-refractivity contribution in [3.8, 4) is 0 Å². The number of rotatable bonds is 1. The standard InChI is InChI=1S/C13H20N2O3/c1-13(2)6-8(16)15(12(13)17)10-9(14)7-4-3-5-18-11(7)10/h7,9-11H,3-6,14H2,1-2H3. The first-order valence-electron chi connectivity index (χ1n) is 6.67. The highest BCUT2D eigenvalue weighted by molar-refractivity contribution is 6.06. The Labute approximate surface area is 107 Å². The van der Waals surface area contributed by atoms with Gasteiger partial charge >= 0.3 is 0 Å². The molecule has 4 atom stereocenters. The average Bonchev–Trinajstić information content (AvgIpc) is 2.51. The van der Waals surface area contributed by atoms with Gasteiger partial charge in [0.2, 0.25) is 11.8 Å². The summed E-state index contributed by atoms with van der Waals surface area (Å²) in [6.45, 7) is 4.34. The van der Waals surface area contributed by atoms with Gasteiger partial charge in [0.15, 0.2) is 0 Å². The van der Waals surface area contributed by atoms with Crippen LogP contribution in [0.4, 0.5) is 0 Å². The second-order valence-electron chi connectivity index (χ2n) is 6.34. The van der Waals surface area contributed by atoms with Gasteiger partial charge in [0.25, 0.3) is 0 Å². The summed E-state index contributed by atoms with van der Waals surface area (Å²) in [5.74, 6) is 0.117. The summed E-state index contributed by atoms with van der Waals surface area (Å²) < 4.78 is 5.71. The second kappa shape index (κ2) is 3.78. The number of likely N-dealkylation sites (tertiary alicyclic amines) is 1. The van der Waals surface area contributed by atoms with Gasteiger partial charge in [-0.1, -0.05) is 13.8 Å². The lowest BCUT2D eigenvalue weighted by Gasteiger charge is -2.54. The summed E-state index contributed by atoms with van der Waals surface area (Å²) in [6, 6.07) is -0.353. The van der Waals surface area contributed by atoms with E-state index in [0.29, 0.717) is 12.5 Å². The first-order chi connectivity index (χ1) is 8.43. The number of imide groups is 1. The minimum Gasteiger partial charge on any atom is -0.376 e. The predicted octanol–water partition coefficient (Wildman–Crippen LogP) is 0.276. The molecule has 0 aromatic carbocycles. The molecule has 2 aliphatic heterocycles. The number of carbonyl (C=O) groups excluding carboxylic acids is 2. The topological polar surface area (TPSA) is 72.6 Å². The lowest BCUT2D eigenvalue weighted by Crippen LogP contribution is -2.73. The van der Waals surface area contributed by atoms with Crippen molar-refractivity contribution in [2.24, 2.45) is 17.1 Å². The Hall–Kier alpha value is -0.940. The van der Waals surface area contributed by atoms with Crippen molar-refractivity contribution in [2.75, 3.05) is 6.61 Å². The van der Waals surface area contributed by atoms with Gasteiger partial charge in [-0.25, -0.2) is 0 Å². The van der Waals surface area contributed by atoms with Crippen LogP contribution in [-0.2, 0) is 14.3 Å². The van der Waals surface area contributed by atoms with Gasteiger partial charge in [0.1, 0.15) is 0 Å². The molecule has 3 aliphatic rings. The number of nitrogens with two attached hydrogens (primary N) is 1. The summed E-state index contributed by atoms with van der Waals surface area (Å²) in [5.41, 5.74) is 5.56. The van der Waals surface area contributed by atoms with Crippen LogP contribution in [0.25, 0.3) is 0 Å². The molecule has 0 aromatic heterocycles. The molecule has 2 saturated heterocycles. The molecule has 5 nitrogen and oxygen atoms in total. The van der Waals surface area contributed by atoms with Crippen molar-refractivity contribution in [1.29, 1.82) is 0 Å². The van der Waals surface area contributed by atoms with Crippen LogP contribution < -0.4 is 5.73 Å². The minimum absolute atomic E-state index is 0.0319. The lowest BCUT2D eigenvalue weighted by molar-refractivity contribution is -0.174. The second-order valence-corrected chi connectivity index (χ2v) is 6.34. The normalized spacial score (nSPS) is 42.7. The molecule has 0 spiro atoms. The molecule has 1 aliphatic carbocycles. The first kappa shape index (κ1) is 12.1. The van der Waals surface area contributed by atoms with E-state index in [-0.39, 0.29) is 36.4 Å². The number of fused-ring (bicyclic) bond motifs is 1. The Morgan fingerprint density at radius 3 is 2.72 bits per heavy atom. The lowest BCUT2D eigenvalue weighted by atomic mass is 9.68. The maximum Gasteiger partial charge on any atom is 0.235 e. The van der Waals surface area contributed by atoms with E-state index < -0.39 is 5.41 Å². The number of hydrogen-bond donors (Lipinski definition) is 1. The zero-order chi connectivity index (χ0) is 13.1. The van der Waals surface area contributed by atoms with E-state index in [2.05, 4.69) is 0 Å². The van der Waals surface area contributed by atoms with Crippen molar-refractivity contribution >= 4 is 11.8 Å². The highest BCUT2D eigenvalue weighted by Crippen LogP contribution is 2.44. The molecule has 18 heavy (non-hydrogen) atoms. The molecule has 0 bridgehead atoms. The summed E-state index contributed by atoms with van der Waals surface area (Å²) in [5, 5.41) is 0. The summed E-state index contributed by atoms with van der Waals surface area (Å²) in [4.78, 5) is 25.7. The Balaban J connectivity index is 1.83. The number of carbonyl (C=O) groups is 2. The maximum atomic E-state index is 12.3.